The molecule has 0 fully saturated rings. The molecule has 0 saturated heterocycles. The number of hydrogen-bond donors (Lipinski definition) is 0. The topological polar surface area (TPSA) is 65.1 Å². The van der Waals surface area contributed by atoms with Gasteiger partial charge in [-0.15, -0.1) is 4.31 Å². The number of hydrogen-bond acceptors (Lipinski definition) is 5. The minimum absolute atomic E-state index is 0.0175. The van der Waals surface area contributed by atoms with Crippen LogP contribution in [0.2, 0.25) is 51.4 Å². The molecule has 2 aromatic rings. The normalized spacial score (nSPS) is 13.0. The van der Waals surface area contributed by atoms with E-state index in [1.54, 1.807) is 6.08 Å². The van der Waals surface area contributed by atoms with E-state index in [1.807, 2.05) is 54.6 Å². The van der Waals surface area contributed by atoms with E-state index in [-0.39, 0.29) is 13.5 Å². The second-order valence-corrected chi connectivity index (χ2v) is 24.4. The van der Waals surface area contributed by atoms with Crippen molar-refractivity contribution in [2.24, 2.45) is 0 Å². The third-order valence-corrected chi connectivity index (χ3v) is 10.2. The van der Waals surface area contributed by atoms with Crippen molar-refractivity contribution in [1.82, 2.24) is 4.31 Å². The second kappa shape index (κ2) is 14.3. The maximum absolute atomic E-state index is 13.1. The van der Waals surface area contributed by atoms with E-state index in [9.17, 15) is 8.42 Å². The Labute approximate surface area is 220 Å². The lowest BCUT2D eigenvalue weighted by Gasteiger charge is -2.22. The molecule has 0 unspecified atom stereocenters. The quantitative estimate of drug-likeness (QED) is 0.136. The summed E-state index contributed by atoms with van der Waals surface area (Å²) in [4.78, 5) is 0. The molecule has 2 rings (SSSR count). The molecule has 0 aliphatic carbocycles. The average Bonchev–Trinajstić information content (AvgIpc) is 2.80. The van der Waals surface area contributed by atoms with Gasteiger partial charge < -0.3 is 14.2 Å². The molecule has 36 heavy (non-hydrogen) atoms. The predicted molar refractivity (Wildman–Crippen MR) is 155 cm³/mol. The second-order valence-electron chi connectivity index (χ2n) is 11.3. The fourth-order valence-corrected chi connectivity index (χ4v) is 5.40. The van der Waals surface area contributed by atoms with Crippen LogP contribution in [0.4, 0.5) is 0 Å². The van der Waals surface area contributed by atoms with Gasteiger partial charge in [0.25, 0.3) is 0 Å². The van der Waals surface area contributed by atoms with Gasteiger partial charge in [0.05, 0.1) is 0 Å². The highest BCUT2D eigenvalue weighted by Crippen LogP contribution is 2.17. The molecular weight excluding hydrogens is 507 g/mol. The Hall–Kier alpha value is -1.76. The number of benzene rings is 2. The summed E-state index contributed by atoms with van der Waals surface area (Å²) >= 11 is 0. The highest BCUT2D eigenvalue weighted by atomic mass is 32.2. The molecule has 0 bridgehead atoms. The molecule has 0 heterocycles. The summed E-state index contributed by atoms with van der Waals surface area (Å²) in [6, 6.07) is 19.3. The summed E-state index contributed by atoms with van der Waals surface area (Å²) in [5.41, 5.74) is 1.86. The van der Waals surface area contributed by atoms with Crippen molar-refractivity contribution in [2.45, 2.75) is 58.0 Å². The third-order valence-electron chi connectivity index (χ3n) is 5.38. The van der Waals surface area contributed by atoms with Gasteiger partial charge in [0.2, 0.25) is 10.0 Å². The van der Waals surface area contributed by atoms with Crippen molar-refractivity contribution in [3.05, 3.63) is 71.1 Å². The summed E-state index contributed by atoms with van der Waals surface area (Å²) in [5.74, 6) is 0.729. The first-order chi connectivity index (χ1) is 16.8. The van der Waals surface area contributed by atoms with Crippen LogP contribution in [-0.2, 0) is 26.1 Å². The molecular formula is C27H43NO5SSi2. The lowest BCUT2D eigenvalue weighted by atomic mass is 10.2. The van der Waals surface area contributed by atoms with E-state index < -0.39 is 26.2 Å². The van der Waals surface area contributed by atoms with Crippen LogP contribution in [-0.4, -0.2) is 55.5 Å². The van der Waals surface area contributed by atoms with Crippen molar-refractivity contribution in [3.63, 3.8) is 0 Å². The fourth-order valence-electron chi connectivity index (χ4n) is 2.94. The van der Waals surface area contributed by atoms with Crippen LogP contribution in [0, 0.1) is 0 Å². The van der Waals surface area contributed by atoms with Gasteiger partial charge in [0.15, 0.2) is 0 Å². The van der Waals surface area contributed by atoms with Crippen molar-refractivity contribution in [2.75, 3.05) is 26.7 Å². The monoisotopic (exact) mass is 549 g/mol. The van der Waals surface area contributed by atoms with Crippen molar-refractivity contribution in [1.29, 1.82) is 0 Å². The average molecular weight is 550 g/mol. The Morgan fingerprint density at radius 2 is 1.31 bits per heavy atom. The van der Waals surface area contributed by atoms with Gasteiger partial charge in [0, 0.05) is 34.8 Å². The van der Waals surface area contributed by atoms with Gasteiger partial charge in [-0.3, -0.25) is 0 Å². The van der Waals surface area contributed by atoms with Gasteiger partial charge >= 0.3 is 0 Å². The first-order valence-electron chi connectivity index (χ1n) is 12.4. The van der Waals surface area contributed by atoms with Crippen LogP contribution in [0.5, 0.6) is 5.75 Å². The lowest BCUT2D eigenvalue weighted by molar-refractivity contribution is 0.00888. The largest absolute Gasteiger partial charge is 0.489 e. The van der Waals surface area contributed by atoms with E-state index >= 15 is 0 Å². The molecule has 0 aromatic heterocycles. The van der Waals surface area contributed by atoms with Crippen molar-refractivity contribution >= 4 is 32.2 Å². The summed E-state index contributed by atoms with van der Waals surface area (Å²) in [7, 11) is -6.24. The standard InChI is InChI=1S/C27H43NO5SSi2/c1-35(2,3)20-17-31-23-28(24-32-18-21-36(4,5)6)34(29,30)19-16-25-12-14-27(15-13-25)33-22-26-10-8-7-9-11-26/h7-16,19H,17-18,20-24H2,1-6H3. The molecule has 9 heteroatoms. The Bertz CT molecular complexity index is 1010. The molecule has 0 aliphatic rings. The molecule has 0 radical (unpaired) electrons. The highest BCUT2D eigenvalue weighted by Gasteiger charge is 2.21. The maximum atomic E-state index is 13.1. The molecule has 6 nitrogen and oxygen atoms in total. The Morgan fingerprint density at radius 3 is 1.81 bits per heavy atom. The molecule has 200 valence electrons. The summed E-state index contributed by atoms with van der Waals surface area (Å²) in [5, 5.41) is 1.22. The van der Waals surface area contributed by atoms with Crippen LogP contribution in [0.25, 0.3) is 6.08 Å². The lowest BCUT2D eigenvalue weighted by Crippen LogP contribution is -2.35. The van der Waals surface area contributed by atoms with Crippen LogP contribution < -0.4 is 4.74 Å². The number of rotatable bonds is 16. The van der Waals surface area contributed by atoms with Gasteiger partial charge in [-0.05, 0) is 41.4 Å². The van der Waals surface area contributed by atoms with E-state index in [4.69, 9.17) is 14.2 Å². The SMILES string of the molecule is C[Si](C)(C)CCOCN(COCC[Si](C)(C)C)S(=O)(=O)C=Cc1ccc(OCc2ccccc2)cc1. The minimum Gasteiger partial charge on any atom is -0.489 e. The number of ether oxygens (including phenoxy) is 3. The van der Waals surface area contributed by atoms with Crippen molar-refractivity contribution in [3.8, 4) is 5.75 Å². The zero-order valence-electron chi connectivity index (χ0n) is 22.7. The molecule has 0 N–H and O–H groups in total. The van der Waals surface area contributed by atoms with E-state index in [0.717, 1.165) is 29.0 Å². The molecule has 0 aliphatic heterocycles. The van der Waals surface area contributed by atoms with Crippen LogP contribution in [0.1, 0.15) is 11.1 Å². The van der Waals surface area contributed by atoms with Crippen molar-refractivity contribution < 1.29 is 22.6 Å². The zero-order chi connectivity index (χ0) is 26.7. The molecule has 0 saturated carbocycles. The van der Waals surface area contributed by atoms with Crippen LogP contribution in [0.3, 0.4) is 0 Å². The van der Waals surface area contributed by atoms with E-state index in [1.165, 1.54) is 9.71 Å². The summed E-state index contributed by atoms with van der Waals surface area (Å²) in [6.45, 7) is 15.2. The number of sulfonamides is 1. The summed E-state index contributed by atoms with van der Waals surface area (Å²) in [6.07, 6.45) is 1.59. The van der Waals surface area contributed by atoms with E-state index in [2.05, 4.69) is 39.3 Å². The zero-order valence-corrected chi connectivity index (χ0v) is 25.5. The smallest absolute Gasteiger partial charge is 0.240 e. The first-order valence-corrected chi connectivity index (χ1v) is 21.4. The maximum Gasteiger partial charge on any atom is 0.240 e. The Morgan fingerprint density at radius 1 is 0.778 bits per heavy atom. The van der Waals surface area contributed by atoms with Gasteiger partial charge in [0.1, 0.15) is 25.8 Å². The Balaban J connectivity index is 1.97. The fraction of sp³-hybridized carbons (Fsp3) is 0.481. The minimum atomic E-state index is -3.71. The molecule has 0 atom stereocenters. The van der Waals surface area contributed by atoms with Crippen LogP contribution in [0.15, 0.2) is 60.0 Å². The summed E-state index contributed by atoms with van der Waals surface area (Å²) < 4.78 is 44.7. The highest BCUT2D eigenvalue weighted by molar-refractivity contribution is 7.92. The van der Waals surface area contributed by atoms with Crippen LogP contribution >= 0.6 is 0 Å². The predicted octanol–water partition coefficient (Wildman–Crippen LogP) is 6.49. The first kappa shape index (κ1) is 30.5. The molecule has 2 aromatic carbocycles. The van der Waals surface area contributed by atoms with Gasteiger partial charge in [-0.25, -0.2) is 8.42 Å². The van der Waals surface area contributed by atoms with Gasteiger partial charge in [-0.2, -0.15) is 0 Å². The molecule has 0 spiro atoms. The Kier molecular flexibility index (Phi) is 12.1. The molecule has 0 amide bonds. The van der Waals surface area contributed by atoms with Gasteiger partial charge in [-0.1, -0.05) is 81.7 Å². The third kappa shape index (κ3) is 13.0. The van der Waals surface area contributed by atoms with E-state index in [0.29, 0.717) is 19.8 Å². The number of nitrogens with zero attached hydrogens (tertiary/aromatic N) is 1.